The Hall–Kier alpha value is -1.06. The molecule has 1 fully saturated rings. The first-order valence-electron chi connectivity index (χ1n) is 9.02. The molecular weight excluding hydrogens is 280 g/mol. The van der Waals surface area contributed by atoms with E-state index < -0.39 is 17.9 Å². The van der Waals surface area contributed by atoms with Crippen molar-refractivity contribution in [2.24, 2.45) is 11.8 Å². The third-order valence-electron chi connectivity index (χ3n) is 4.39. The monoisotopic (exact) mass is 312 g/mol. The van der Waals surface area contributed by atoms with E-state index in [0.29, 0.717) is 25.6 Å². The standard InChI is InChI=1S/C18H32O4/c1-3-5-13-21-17(19)16(18(20)22-14-6-4-2)12-11-15-9-7-8-10-15/h15-16H,3-14H2,1-2H3. The summed E-state index contributed by atoms with van der Waals surface area (Å²) in [5.74, 6) is -0.857. The molecule has 0 aliphatic heterocycles. The first kappa shape index (κ1) is 19.0. The molecule has 0 atom stereocenters. The lowest BCUT2D eigenvalue weighted by Crippen LogP contribution is -2.29. The smallest absolute Gasteiger partial charge is 0.320 e. The van der Waals surface area contributed by atoms with Crippen LogP contribution in [0.3, 0.4) is 0 Å². The summed E-state index contributed by atoms with van der Waals surface area (Å²) in [7, 11) is 0. The fraction of sp³-hybridized carbons (Fsp3) is 0.889. The number of unbranched alkanes of at least 4 members (excludes halogenated alkanes) is 2. The Balaban J connectivity index is 2.46. The highest BCUT2D eigenvalue weighted by Gasteiger charge is 2.30. The Morgan fingerprint density at radius 2 is 1.45 bits per heavy atom. The Labute approximate surface area is 134 Å². The number of hydrogen-bond donors (Lipinski definition) is 0. The summed E-state index contributed by atoms with van der Waals surface area (Å²) in [6, 6.07) is 0. The lowest BCUT2D eigenvalue weighted by molar-refractivity contribution is -0.162. The van der Waals surface area contributed by atoms with E-state index >= 15 is 0 Å². The molecule has 0 unspecified atom stereocenters. The van der Waals surface area contributed by atoms with Gasteiger partial charge in [-0.05, 0) is 31.6 Å². The van der Waals surface area contributed by atoms with E-state index in [0.717, 1.165) is 32.1 Å². The summed E-state index contributed by atoms with van der Waals surface area (Å²) in [6.45, 7) is 4.89. The maximum atomic E-state index is 12.2. The van der Waals surface area contributed by atoms with E-state index in [1.165, 1.54) is 25.7 Å². The van der Waals surface area contributed by atoms with Gasteiger partial charge in [0.2, 0.25) is 0 Å². The molecule has 1 aliphatic carbocycles. The van der Waals surface area contributed by atoms with E-state index in [1.807, 2.05) is 13.8 Å². The van der Waals surface area contributed by atoms with Crippen LogP contribution in [-0.2, 0) is 19.1 Å². The number of carbonyl (C=O) groups is 2. The van der Waals surface area contributed by atoms with Gasteiger partial charge in [-0.2, -0.15) is 0 Å². The molecule has 0 saturated heterocycles. The molecule has 0 heterocycles. The van der Waals surface area contributed by atoms with Gasteiger partial charge >= 0.3 is 11.9 Å². The van der Waals surface area contributed by atoms with Crippen LogP contribution in [0, 0.1) is 11.8 Å². The van der Waals surface area contributed by atoms with Crippen molar-refractivity contribution in [3.8, 4) is 0 Å². The highest BCUT2D eigenvalue weighted by molar-refractivity contribution is 5.94. The summed E-state index contributed by atoms with van der Waals surface area (Å²) in [4.78, 5) is 24.3. The van der Waals surface area contributed by atoms with E-state index in [2.05, 4.69) is 0 Å². The van der Waals surface area contributed by atoms with Crippen LogP contribution in [0.25, 0.3) is 0 Å². The zero-order valence-electron chi connectivity index (χ0n) is 14.3. The van der Waals surface area contributed by atoms with Gasteiger partial charge < -0.3 is 9.47 Å². The summed E-state index contributed by atoms with van der Waals surface area (Å²) in [5, 5.41) is 0. The van der Waals surface area contributed by atoms with Crippen molar-refractivity contribution in [1.82, 2.24) is 0 Å². The van der Waals surface area contributed by atoms with Crippen molar-refractivity contribution in [3.05, 3.63) is 0 Å². The molecule has 0 aromatic heterocycles. The van der Waals surface area contributed by atoms with Gasteiger partial charge in [0.15, 0.2) is 5.92 Å². The average molecular weight is 312 g/mol. The van der Waals surface area contributed by atoms with E-state index in [9.17, 15) is 9.59 Å². The van der Waals surface area contributed by atoms with Gasteiger partial charge in [-0.15, -0.1) is 0 Å². The molecular formula is C18H32O4. The predicted octanol–water partition coefficient (Wildman–Crippen LogP) is 4.26. The Kier molecular flexibility index (Phi) is 9.93. The van der Waals surface area contributed by atoms with Crippen molar-refractivity contribution in [2.75, 3.05) is 13.2 Å². The van der Waals surface area contributed by atoms with Crippen LogP contribution in [0.4, 0.5) is 0 Å². The second-order valence-electron chi connectivity index (χ2n) is 6.32. The van der Waals surface area contributed by atoms with Gasteiger partial charge in [0.05, 0.1) is 13.2 Å². The van der Waals surface area contributed by atoms with Crippen molar-refractivity contribution in [3.63, 3.8) is 0 Å². The number of hydrogen-bond acceptors (Lipinski definition) is 4. The van der Waals surface area contributed by atoms with Gasteiger partial charge in [0, 0.05) is 0 Å². The molecule has 4 heteroatoms. The van der Waals surface area contributed by atoms with Gasteiger partial charge in [-0.3, -0.25) is 9.59 Å². The number of carbonyl (C=O) groups excluding carboxylic acids is 2. The van der Waals surface area contributed by atoms with Gasteiger partial charge in [-0.25, -0.2) is 0 Å². The molecule has 22 heavy (non-hydrogen) atoms. The second-order valence-corrected chi connectivity index (χ2v) is 6.32. The lowest BCUT2D eigenvalue weighted by atomic mass is 9.94. The Morgan fingerprint density at radius 1 is 0.955 bits per heavy atom. The van der Waals surface area contributed by atoms with Crippen LogP contribution in [0.1, 0.15) is 78.1 Å². The lowest BCUT2D eigenvalue weighted by Gasteiger charge is -2.17. The first-order valence-corrected chi connectivity index (χ1v) is 9.02. The fourth-order valence-corrected chi connectivity index (χ4v) is 2.87. The molecule has 1 rings (SSSR count). The normalized spacial score (nSPS) is 15.2. The van der Waals surface area contributed by atoms with Crippen LogP contribution >= 0.6 is 0 Å². The quantitative estimate of drug-likeness (QED) is 0.325. The summed E-state index contributed by atoms with van der Waals surface area (Å²) >= 11 is 0. The molecule has 4 nitrogen and oxygen atoms in total. The fourth-order valence-electron chi connectivity index (χ4n) is 2.87. The Morgan fingerprint density at radius 3 is 1.91 bits per heavy atom. The summed E-state index contributed by atoms with van der Waals surface area (Å²) in [5.41, 5.74) is 0. The first-order chi connectivity index (χ1) is 10.7. The molecule has 0 aromatic rings. The molecule has 128 valence electrons. The van der Waals surface area contributed by atoms with Crippen molar-refractivity contribution in [2.45, 2.75) is 78.1 Å². The largest absolute Gasteiger partial charge is 0.465 e. The van der Waals surface area contributed by atoms with Crippen LogP contribution in [0.5, 0.6) is 0 Å². The van der Waals surface area contributed by atoms with Crippen LogP contribution in [0.15, 0.2) is 0 Å². The molecule has 0 amide bonds. The van der Waals surface area contributed by atoms with E-state index in [4.69, 9.17) is 9.47 Å². The van der Waals surface area contributed by atoms with Crippen LogP contribution in [-0.4, -0.2) is 25.2 Å². The van der Waals surface area contributed by atoms with E-state index in [-0.39, 0.29) is 0 Å². The number of rotatable bonds is 11. The average Bonchev–Trinajstić information content (AvgIpc) is 3.01. The van der Waals surface area contributed by atoms with E-state index in [1.54, 1.807) is 0 Å². The maximum absolute atomic E-state index is 12.2. The molecule has 0 spiro atoms. The van der Waals surface area contributed by atoms with Crippen molar-refractivity contribution < 1.29 is 19.1 Å². The minimum absolute atomic E-state index is 0.395. The third-order valence-corrected chi connectivity index (χ3v) is 4.39. The molecule has 0 N–H and O–H groups in total. The van der Waals surface area contributed by atoms with Crippen LogP contribution < -0.4 is 0 Å². The minimum Gasteiger partial charge on any atom is -0.465 e. The maximum Gasteiger partial charge on any atom is 0.320 e. The van der Waals surface area contributed by atoms with Gasteiger partial charge in [-0.1, -0.05) is 52.4 Å². The second kappa shape index (κ2) is 11.5. The minimum atomic E-state index is -0.727. The third kappa shape index (κ3) is 7.28. The number of ether oxygens (including phenoxy) is 2. The molecule has 0 aromatic carbocycles. The highest BCUT2D eigenvalue weighted by atomic mass is 16.6. The number of esters is 2. The van der Waals surface area contributed by atoms with Crippen molar-refractivity contribution in [1.29, 1.82) is 0 Å². The zero-order chi connectivity index (χ0) is 16.2. The summed E-state index contributed by atoms with van der Waals surface area (Å²) in [6.07, 6.45) is 10.1. The predicted molar refractivity (Wildman–Crippen MR) is 86.4 cm³/mol. The zero-order valence-corrected chi connectivity index (χ0v) is 14.3. The molecule has 0 bridgehead atoms. The van der Waals surface area contributed by atoms with Gasteiger partial charge in [0.1, 0.15) is 0 Å². The van der Waals surface area contributed by atoms with Crippen molar-refractivity contribution >= 4 is 11.9 Å². The molecule has 0 radical (unpaired) electrons. The Bertz CT molecular complexity index is 299. The van der Waals surface area contributed by atoms with Crippen LogP contribution in [0.2, 0.25) is 0 Å². The summed E-state index contributed by atoms with van der Waals surface area (Å²) < 4.78 is 10.5. The molecule has 1 saturated carbocycles. The highest BCUT2D eigenvalue weighted by Crippen LogP contribution is 2.30. The SMILES string of the molecule is CCCCOC(=O)C(CCC1CCCC1)C(=O)OCCCC. The topological polar surface area (TPSA) is 52.6 Å². The molecule has 1 aliphatic rings. The van der Waals surface area contributed by atoms with Gasteiger partial charge in [0.25, 0.3) is 0 Å².